The Hall–Kier alpha value is -4.16. The van der Waals surface area contributed by atoms with E-state index in [9.17, 15) is 21.6 Å². The fourth-order valence-electron chi connectivity index (χ4n) is 3.65. The first kappa shape index (κ1) is 27.9. The number of hydrogen-bond acceptors (Lipinski definition) is 7. The molecule has 0 radical (unpaired) electrons. The van der Waals surface area contributed by atoms with E-state index < -0.39 is 22.5 Å². The molecular weight excluding hydrogens is 555 g/mol. The number of halogens is 4. The van der Waals surface area contributed by atoms with Gasteiger partial charge in [-0.15, -0.1) is 0 Å². The van der Waals surface area contributed by atoms with Crippen molar-refractivity contribution >= 4 is 56.7 Å². The second-order valence-electron chi connectivity index (χ2n) is 8.29. The van der Waals surface area contributed by atoms with E-state index in [0.29, 0.717) is 28.9 Å². The number of carbonyl (C=O) groups excluding carboxylic acids is 1. The number of aromatic nitrogens is 2. The van der Waals surface area contributed by atoms with Gasteiger partial charge in [-0.2, -0.15) is 18.2 Å². The Kier molecular flexibility index (Phi) is 8.36. The Bertz CT molecular complexity index is 1590. The summed E-state index contributed by atoms with van der Waals surface area (Å²) in [5.74, 6) is 0.874. The highest BCUT2D eigenvalue weighted by Gasteiger charge is 2.25. The Labute approximate surface area is 227 Å². The van der Waals surface area contributed by atoms with Crippen molar-refractivity contribution in [2.45, 2.75) is 23.9 Å². The summed E-state index contributed by atoms with van der Waals surface area (Å²) < 4.78 is 59.9. The number of nitrogens with one attached hydrogen (secondary N) is 3. The molecule has 6 bridgehead atoms. The van der Waals surface area contributed by atoms with Gasteiger partial charge in [-0.05, 0) is 66.4 Å². The molecule has 1 aliphatic rings. The largest absolute Gasteiger partial charge is 0.446 e. The second kappa shape index (κ2) is 11.7. The van der Waals surface area contributed by atoms with Gasteiger partial charge in [0.2, 0.25) is 12.2 Å². The smallest absolute Gasteiger partial charge is 0.339 e. The van der Waals surface area contributed by atoms with E-state index in [1.807, 2.05) is 30.3 Å². The average Bonchev–Trinajstić information content (AvgIpc) is 2.91. The summed E-state index contributed by atoms with van der Waals surface area (Å²) >= 11 is 6.31. The molecule has 3 N–H and O–H groups in total. The lowest BCUT2D eigenvalue weighted by Crippen LogP contribution is -2.14. The molecule has 5 rings (SSSR count). The lowest BCUT2D eigenvalue weighted by atomic mass is 10.0. The minimum atomic E-state index is -4.64. The highest BCUT2D eigenvalue weighted by molar-refractivity contribution is 7.92. The van der Waals surface area contributed by atoms with Crippen LogP contribution in [0.3, 0.4) is 0 Å². The van der Waals surface area contributed by atoms with Gasteiger partial charge in [0.15, 0.2) is 5.82 Å². The summed E-state index contributed by atoms with van der Waals surface area (Å²) in [6.45, 7) is 0. The maximum Gasteiger partial charge on any atom is 0.446 e. The molecule has 0 saturated carbocycles. The average molecular weight is 576 g/mol. The fourth-order valence-corrected chi connectivity index (χ4v) is 4.91. The molecule has 4 aromatic rings. The lowest BCUT2D eigenvalue weighted by Gasteiger charge is -2.15. The molecule has 1 aromatic heterocycles. The van der Waals surface area contributed by atoms with Gasteiger partial charge in [0.05, 0.1) is 16.8 Å². The number of rotatable bonds is 3. The molecular formula is C26H21ClF3N5O3S. The molecule has 2 heterocycles. The first-order valence-electron chi connectivity index (χ1n) is 11.4. The predicted octanol–water partition coefficient (Wildman–Crippen LogP) is 6.26. The molecule has 202 valence electrons. The number of aldehydes is 1. The standard InChI is InChI=1S/C24H20ClN5O2S.C2HF3O/c25-21-15-26-24-28-18-6-4-5-16(13-18)9-10-17-14-19(27-23(21)29-24)11-12-22(17)30-33(31,32)20-7-2-1-3-8-20;3-2(4,5)1-6/h1-8,11-15,30H,9-10H2,(H2,26,27,28,29);1H. The highest BCUT2D eigenvalue weighted by Crippen LogP contribution is 2.30. The SMILES string of the molecule is O=CC(F)(F)F.O=S(=O)(Nc1ccc2cc1CCc1cccc(c1)Nc1ncc(Cl)c(n1)N2)c1ccccc1. The first-order chi connectivity index (χ1) is 18.5. The van der Waals surface area contributed by atoms with Crippen LogP contribution >= 0.6 is 11.6 Å². The Morgan fingerprint density at radius 2 is 1.64 bits per heavy atom. The van der Waals surface area contributed by atoms with E-state index in [2.05, 4.69) is 25.3 Å². The van der Waals surface area contributed by atoms with Gasteiger partial charge in [0.25, 0.3) is 10.0 Å². The zero-order valence-corrected chi connectivity index (χ0v) is 21.6. The zero-order valence-electron chi connectivity index (χ0n) is 20.0. The van der Waals surface area contributed by atoms with Gasteiger partial charge in [0, 0.05) is 11.4 Å². The van der Waals surface area contributed by atoms with Crippen LogP contribution in [0, 0.1) is 0 Å². The van der Waals surface area contributed by atoms with Crippen LogP contribution in [0.15, 0.2) is 83.9 Å². The number of benzene rings is 3. The number of alkyl halides is 3. The minimum absolute atomic E-state index is 0.211. The van der Waals surface area contributed by atoms with Crippen molar-refractivity contribution in [1.82, 2.24) is 9.97 Å². The molecule has 0 unspecified atom stereocenters. The van der Waals surface area contributed by atoms with Crippen LogP contribution in [0.2, 0.25) is 5.02 Å². The summed E-state index contributed by atoms with van der Waals surface area (Å²) in [5, 5.41) is 6.80. The van der Waals surface area contributed by atoms with Gasteiger partial charge in [0.1, 0.15) is 5.02 Å². The molecule has 13 heteroatoms. The van der Waals surface area contributed by atoms with E-state index in [1.165, 1.54) is 6.20 Å². The highest BCUT2D eigenvalue weighted by atomic mass is 35.5. The summed E-state index contributed by atoms with van der Waals surface area (Å²) in [6.07, 6.45) is -2.82. The molecule has 0 amide bonds. The van der Waals surface area contributed by atoms with Crippen molar-refractivity contribution in [2.75, 3.05) is 15.4 Å². The Morgan fingerprint density at radius 1 is 0.923 bits per heavy atom. The molecule has 0 saturated heterocycles. The van der Waals surface area contributed by atoms with Crippen LogP contribution < -0.4 is 15.4 Å². The van der Waals surface area contributed by atoms with Crippen LogP contribution in [-0.4, -0.2) is 30.8 Å². The number of carbonyl (C=O) groups is 1. The maximum absolute atomic E-state index is 12.9. The van der Waals surface area contributed by atoms with Gasteiger partial charge in [-0.25, -0.2) is 13.4 Å². The molecule has 0 fully saturated rings. The Balaban J connectivity index is 0.000000531. The van der Waals surface area contributed by atoms with Gasteiger partial charge < -0.3 is 10.6 Å². The quantitative estimate of drug-likeness (QED) is 0.247. The number of sulfonamides is 1. The second-order valence-corrected chi connectivity index (χ2v) is 10.4. The van der Waals surface area contributed by atoms with Crippen molar-refractivity contribution < 1.29 is 26.4 Å². The van der Waals surface area contributed by atoms with Crippen molar-refractivity contribution in [3.8, 4) is 0 Å². The molecule has 39 heavy (non-hydrogen) atoms. The summed E-state index contributed by atoms with van der Waals surface area (Å²) in [7, 11) is -3.72. The molecule has 0 atom stereocenters. The van der Waals surface area contributed by atoms with E-state index in [0.717, 1.165) is 28.9 Å². The molecule has 3 aromatic carbocycles. The van der Waals surface area contributed by atoms with Crippen LogP contribution in [0.1, 0.15) is 11.1 Å². The molecule has 8 nitrogen and oxygen atoms in total. The monoisotopic (exact) mass is 575 g/mol. The van der Waals surface area contributed by atoms with Crippen molar-refractivity contribution in [3.63, 3.8) is 0 Å². The van der Waals surface area contributed by atoms with E-state index in [4.69, 9.17) is 16.4 Å². The number of fused-ring (bicyclic) bond motifs is 6. The maximum atomic E-state index is 12.9. The molecule has 0 spiro atoms. The van der Waals surface area contributed by atoms with E-state index >= 15 is 0 Å². The third kappa shape index (κ3) is 7.68. The third-order valence-electron chi connectivity index (χ3n) is 5.41. The fraction of sp³-hybridized carbons (Fsp3) is 0.115. The number of aryl methyl sites for hydroxylation is 2. The topological polar surface area (TPSA) is 113 Å². The van der Waals surface area contributed by atoms with Crippen molar-refractivity contribution in [2.24, 2.45) is 0 Å². The van der Waals surface area contributed by atoms with Gasteiger partial charge in [-0.3, -0.25) is 9.52 Å². The minimum Gasteiger partial charge on any atom is -0.339 e. The molecule has 1 aliphatic heterocycles. The predicted molar refractivity (Wildman–Crippen MR) is 143 cm³/mol. The number of hydrogen-bond donors (Lipinski definition) is 3. The van der Waals surface area contributed by atoms with Crippen molar-refractivity contribution in [1.29, 1.82) is 0 Å². The lowest BCUT2D eigenvalue weighted by molar-refractivity contribution is -0.156. The first-order valence-corrected chi connectivity index (χ1v) is 13.3. The normalized spacial score (nSPS) is 12.6. The third-order valence-corrected chi connectivity index (χ3v) is 7.07. The van der Waals surface area contributed by atoms with Crippen LogP contribution in [0.5, 0.6) is 0 Å². The van der Waals surface area contributed by atoms with E-state index in [-0.39, 0.29) is 4.90 Å². The Morgan fingerprint density at radius 3 is 2.36 bits per heavy atom. The summed E-state index contributed by atoms with van der Waals surface area (Å²) in [6, 6.07) is 21.7. The zero-order chi connectivity index (χ0) is 28.0. The van der Waals surface area contributed by atoms with Gasteiger partial charge >= 0.3 is 6.18 Å². The molecule has 0 aliphatic carbocycles. The van der Waals surface area contributed by atoms with Crippen LogP contribution in [0.25, 0.3) is 0 Å². The van der Waals surface area contributed by atoms with Crippen molar-refractivity contribution in [3.05, 3.63) is 95.1 Å². The number of nitrogens with zero attached hydrogens (tertiary/aromatic N) is 2. The summed E-state index contributed by atoms with van der Waals surface area (Å²) in [5.41, 5.74) is 4.08. The van der Waals surface area contributed by atoms with Crippen LogP contribution in [-0.2, 0) is 27.7 Å². The van der Waals surface area contributed by atoms with Gasteiger partial charge in [-0.1, -0.05) is 41.9 Å². The number of anilines is 5. The van der Waals surface area contributed by atoms with E-state index in [1.54, 1.807) is 42.5 Å². The van der Waals surface area contributed by atoms with Crippen LogP contribution in [0.4, 0.5) is 42.0 Å². The summed E-state index contributed by atoms with van der Waals surface area (Å²) in [4.78, 5) is 17.7.